The maximum Gasteiger partial charge on any atom is 0.240 e. The number of anilines is 1. The van der Waals surface area contributed by atoms with Crippen LogP contribution in [0.4, 0.5) is 5.69 Å². The van der Waals surface area contributed by atoms with Gasteiger partial charge >= 0.3 is 0 Å². The zero-order chi connectivity index (χ0) is 16.9. The number of nitrogens with two attached hydrogens (primary N) is 1. The largest absolute Gasteiger partial charge is 0.329 e. The van der Waals surface area contributed by atoms with Crippen molar-refractivity contribution in [3.8, 4) is 0 Å². The molecule has 0 aliphatic heterocycles. The fourth-order valence-electron chi connectivity index (χ4n) is 3.00. The van der Waals surface area contributed by atoms with Gasteiger partial charge in [0.05, 0.1) is 4.90 Å². The molecule has 1 aromatic carbocycles. The van der Waals surface area contributed by atoms with Gasteiger partial charge in [0.25, 0.3) is 0 Å². The first kappa shape index (κ1) is 17.9. The van der Waals surface area contributed by atoms with Gasteiger partial charge in [-0.25, -0.2) is 13.1 Å². The van der Waals surface area contributed by atoms with E-state index in [1.807, 2.05) is 0 Å². The predicted molar refractivity (Wildman–Crippen MR) is 90.4 cm³/mol. The van der Waals surface area contributed by atoms with E-state index in [2.05, 4.69) is 17.0 Å². The molecule has 0 radical (unpaired) electrons. The second-order valence-electron chi connectivity index (χ2n) is 6.25. The van der Waals surface area contributed by atoms with E-state index >= 15 is 0 Å². The molecule has 1 amide bonds. The predicted octanol–water partition coefficient (Wildman–Crippen LogP) is 1.69. The molecule has 2 unspecified atom stereocenters. The van der Waals surface area contributed by atoms with Crippen LogP contribution in [0.3, 0.4) is 0 Å². The summed E-state index contributed by atoms with van der Waals surface area (Å²) in [5.41, 5.74) is 5.81. The standard InChI is InChI=1S/C16H25N3O3S/c1-12-5-6-13(9-12)10-16(20)19-14-3-2-4-15(11-14)23(21,22)18-8-7-17/h2-4,11-13,18H,5-10,17H2,1H3,(H,19,20). The van der Waals surface area contributed by atoms with Crippen molar-refractivity contribution in [1.29, 1.82) is 0 Å². The van der Waals surface area contributed by atoms with Crippen molar-refractivity contribution >= 4 is 21.6 Å². The minimum absolute atomic E-state index is 0.0615. The Bertz CT molecular complexity index is 646. The van der Waals surface area contributed by atoms with Gasteiger partial charge in [-0.2, -0.15) is 0 Å². The van der Waals surface area contributed by atoms with Crippen molar-refractivity contribution < 1.29 is 13.2 Å². The van der Waals surface area contributed by atoms with Gasteiger partial charge < -0.3 is 11.1 Å². The molecule has 1 aliphatic carbocycles. The van der Waals surface area contributed by atoms with Gasteiger partial charge in [-0.3, -0.25) is 4.79 Å². The zero-order valence-electron chi connectivity index (χ0n) is 13.4. The second-order valence-corrected chi connectivity index (χ2v) is 8.02. The van der Waals surface area contributed by atoms with Crippen LogP contribution in [0.2, 0.25) is 0 Å². The summed E-state index contributed by atoms with van der Waals surface area (Å²) < 4.78 is 26.5. The Morgan fingerprint density at radius 3 is 2.78 bits per heavy atom. The van der Waals surface area contributed by atoms with E-state index in [1.54, 1.807) is 12.1 Å². The Morgan fingerprint density at radius 2 is 2.13 bits per heavy atom. The number of nitrogens with one attached hydrogen (secondary N) is 2. The van der Waals surface area contributed by atoms with Gasteiger partial charge in [0.15, 0.2) is 0 Å². The lowest BCUT2D eigenvalue weighted by Crippen LogP contribution is -2.29. The second kappa shape index (κ2) is 7.90. The first-order valence-corrected chi connectivity index (χ1v) is 9.48. The molecule has 2 rings (SSSR count). The van der Waals surface area contributed by atoms with Crippen LogP contribution in [0.25, 0.3) is 0 Å². The van der Waals surface area contributed by atoms with E-state index < -0.39 is 10.0 Å². The first-order valence-electron chi connectivity index (χ1n) is 8.00. The first-order chi connectivity index (χ1) is 10.9. The lowest BCUT2D eigenvalue weighted by molar-refractivity contribution is -0.117. The molecule has 4 N–H and O–H groups in total. The number of carbonyl (C=O) groups excluding carboxylic acids is 1. The lowest BCUT2D eigenvalue weighted by atomic mass is 10.0. The minimum Gasteiger partial charge on any atom is -0.329 e. The monoisotopic (exact) mass is 339 g/mol. The highest BCUT2D eigenvalue weighted by Gasteiger charge is 2.23. The van der Waals surface area contributed by atoms with Gasteiger partial charge in [0, 0.05) is 25.2 Å². The van der Waals surface area contributed by atoms with Crippen molar-refractivity contribution in [3.63, 3.8) is 0 Å². The maximum atomic E-state index is 12.1. The van der Waals surface area contributed by atoms with E-state index in [-0.39, 0.29) is 23.9 Å². The SMILES string of the molecule is CC1CCC(CC(=O)Nc2cccc(S(=O)(=O)NCCN)c2)C1. The Hall–Kier alpha value is -1.44. The molecule has 0 spiro atoms. The Kier molecular flexibility index (Phi) is 6.15. The van der Waals surface area contributed by atoms with Gasteiger partial charge in [-0.15, -0.1) is 0 Å². The van der Waals surface area contributed by atoms with Crippen molar-refractivity contribution in [2.75, 3.05) is 18.4 Å². The average Bonchev–Trinajstić information content (AvgIpc) is 2.90. The minimum atomic E-state index is -3.59. The molecule has 0 bridgehead atoms. The summed E-state index contributed by atoms with van der Waals surface area (Å²) in [6.45, 7) is 2.62. The third-order valence-corrected chi connectivity index (χ3v) is 5.60. The number of rotatable bonds is 7. The summed E-state index contributed by atoms with van der Waals surface area (Å²) in [7, 11) is -3.59. The molecule has 0 saturated heterocycles. The van der Waals surface area contributed by atoms with Crippen LogP contribution in [-0.4, -0.2) is 27.4 Å². The molecule has 1 fully saturated rings. The van der Waals surface area contributed by atoms with Crippen molar-refractivity contribution in [2.45, 2.75) is 37.5 Å². The smallest absolute Gasteiger partial charge is 0.240 e. The summed E-state index contributed by atoms with van der Waals surface area (Å²) in [6, 6.07) is 6.27. The van der Waals surface area contributed by atoms with E-state index in [1.165, 1.54) is 18.6 Å². The number of hydrogen-bond acceptors (Lipinski definition) is 4. The summed E-state index contributed by atoms with van der Waals surface area (Å²) in [5, 5.41) is 2.80. The molecule has 2 atom stereocenters. The van der Waals surface area contributed by atoms with Crippen molar-refractivity contribution in [3.05, 3.63) is 24.3 Å². The summed E-state index contributed by atoms with van der Waals surface area (Å²) in [4.78, 5) is 12.2. The number of hydrogen-bond donors (Lipinski definition) is 3. The molecular formula is C16H25N3O3S. The van der Waals surface area contributed by atoms with Crippen LogP contribution in [0.1, 0.15) is 32.6 Å². The van der Waals surface area contributed by atoms with Crippen LogP contribution < -0.4 is 15.8 Å². The Labute approximate surface area is 137 Å². The maximum absolute atomic E-state index is 12.1. The highest BCUT2D eigenvalue weighted by molar-refractivity contribution is 7.89. The highest BCUT2D eigenvalue weighted by atomic mass is 32.2. The molecule has 128 valence electrons. The van der Waals surface area contributed by atoms with Crippen LogP contribution in [0.15, 0.2) is 29.2 Å². The lowest BCUT2D eigenvalue weighted by Gasteiger charge is -2.11. The number of amides is 1. The molecule has 6 nitrogen and oxygen atoms in total. The van der Waals surface area contributed by atoms with Crippen molar-refractivity contribution in [2.24, 2.45) is 17.6 Å². The number of benzene rings is 1. The van der Waals surface area contributed by atoms with Gasteiger partial charge in [-0.1, -0.05) is 19.4 Å². The molecule has 1 aliphatic rings. The van der Waals surface area contributed by atoms with E-state index in [4.69, 9.17) is 5.73 Å². The van der Waals surface area contributed by atoms with Gasteiger partial charge in [-0.05, 0) is 42.9 Å². The van der Waals surface area contributed by atoms with E-state index in [9.17, 15) is 13.2 Å². The van der Waals surface area contributed by atoms with E-state index in [0.29, 0.717) is 23.9 Å². The normalized spacial score (nSPS) is 21.3. The van der Waals surface area contributed by atoms with Gasteiger partial charge in [0.1, 0.15) is 0 Å². The molecule has 0 aromatic heterocycles. The molecule has 7 heteroatoms. The number of sulfonamides is 1. The topological polar surface area (TPSA) is 101 Å². The van der Waals surface area contributed by atoms with Crippen LogP contribution >= 0.6 is 0 Å². The summed E-state index contributed by atoms with van der Waals surface area (Å²) in [6.07, 6.45) is 3.85. The number of carbonyl (C=O) groups is 1. The Morgan fingerprint density at radius 1 is 1.35 bits per heavy atom. The third kappa shape index (κ3) is 5.30. The Balaban J connectivity index is 1.98. The summed E-state index contributed by atoms with van der Waals surface area (Å²) in [5.74, 6) is 1.06. The highest BCUT2D eigenvalue weighted by Crippen LogP contribution is 2.32. The molecule has 23 heavy (non-hydrogen) atoms. The molecule has 1 aromatic rings. The average molecular weight is 339 g/mol. The zero-order valence-corrected chi connectivity index (χ0v) is 14.2. The third-order valence-electron chi connectivity index (χ3n) is 4.14. The van der Waals surface area contributed by atoms with E-state index in [0.717, 1.165) is 12.8 Å². The van der Waals surface area contributed by atoms with Crippen LogP contribution in [0.5, 0.6) is 0 Å². The summed E-state index contributed by atoms with van der Waals surface area (Å²) >= 11 is 0. The van der Waals surface area contributed by atoms with Crippen LogP contribution in [-0.2, 0) is 14.8 Å². The van der Waals surface area contributed by atoms with Crippen LogP contribution in [0, 0.1) is 11.8 Å². The fraction of sp³-hybridized carbons (Fsp3) is 0.562. The molecule has 1 saturated carbocycles. The molecular weight excluding hydrogens is 314 g/mol. The molecule has 0 heterocycles. The quantitative estimate of drug-likeness (QED) is 0.703. The van der Waals surface area contributed by atoms with Crippen molar-refractivity contribution in [1.82, 2.24) is 4.72 Å². The van der Waals surface area contributed by atoms with Gasteiger partial charge in [0.2, 0.25) is 15.9 Å². The fourth-order valence-corrected chi connectivity index (χ4v) is 4.10.